The van der Waals surface area contributed by atoms with Gasteiger partial charge in [-0.25, -0.2) is 4.99 Å². The number of likely N-dealkylation sites (N-methyl/N-ethyl adjacent to an activating group) is 1. The average molecular weight is 549 g/mol. The fourth-order valence-corrected chi connectivity index (χ4v) is 3.69. The molecule has 8 heteroatoms. The highest BCUT2D eigenvalue weighted by atomic mass is 127. The molecule has 3 N–H and O–H groups in total. The second-order valence-electron chi connectivity index (χ2n) is 7.81. The zero-order chi connectivity index (χ0) is 21.7. The Morgan fingerprint density at radius 2 is 2.00 bits per heavy atom. The van der Waals surface area contributed by atoms with Gasteiger partial charge in [-0.3, -0.25) is 0 Å². The molecule has 7 nitrogen and oxygen atoms in total. The van der Waals surface area contributed by atoms with Crippen LogP contribution in [-0.2, 0) is 11.3 Å². The van der Waals surface area contributed by atoms with Crippen molar-refractivity contribution in [3.8, 4) is 5.75 Å². The van der Waals surface area contributed by atoms with Crippen molar-refractivity contribution in [1.29, 1.82) is 0 Å². The smallest absolute Gasteiger partial charge is 0.191 e. The number of nitrogens with one attached hydrogen (secondary N) is 2. The van der Waals surface area contributed by atoms with Gasteiger partial charge in [0.2, 0.25) is 0 Å². The van der Waals surface area contributed by atoms with Gasteiger partial charge in [0, 0.05) is 43.8 Å². The van der Waals surface area contributed by atoms with Gasteiger partial charge in [-0.15, -0.1) is 24.0 Å². The first-order valence-electron chi connectivity index (χ1n) is 11.3. The van der Waals surface area contributed by atoms with Crippen molar-refractivity contribution < 1.29 is 14.6 Å². The summed E-state index contributed by atoms with van der Waals surface area (Å²) in [6.45, 7) is 13.7. The summed E-state index contributed by atoms with van der Waals surface area (Å²) in [5.74, 6) is 1.67. The first kappa shape index (κ1) is 27.9. The number of aliphatic hydroxyl groups excluding tert-OH is 1. The van der Waals surface area contributed by atoms with E-state index in [4.69, 9.17) is 14.5 Å². The van der Waals surface area contributed by atoms with E-state index in [0.29, 0.717) is 19.8 Å². The molecule has 31 heavy (non-hydrogen) atoms. The molecule has 1 atom stereocenters. The van der Waals surface area contributed by atoms with Crippen LogP contribution in [0.3, 0.4) is 0 Å². The largest absolute Gasteiger partial charge is 0.492 e. The summed E-state index contributed by atoms with van der Waals surface area (Å²) in [5, 5.41) is 16.2. The Labute approximate surface area is 205 Å². The molecule has 178 valence electrons. The van der Waals surface area contributed by atoms with E-state index >= 15 is 0 Å². The SMILES string of the molecule is CCNC(=NCc1ccccc1OCCN(CC)CC)NCC1(CCO)CCOC1.I. The molecular weight excluding hydrogens is 507 g/mol. The summed E-state index contributed by atoms with van der Waals surface area (Å²) >= 11 is 0. The number of halogens is 1. The van der Waals surface area contributed by atoms with Gasteiger partial charge in [0.05, 0.1) is 13.2 Å². The van der Waals surface area contributed by atoms with Crippen molar-refractivity contribution in [3.05, 3.63) is 29.8 Å². The Hall–Kier alpha value is -1.10. The molecular formula is C23H41IN4O3. The van der Waals surface area contributed by atoms with Gasteiger partial charge >= 0.3 is 0 Å². The second-order valence-corrected chi connectivity index (χ2v) is 7.81. The molecule has 1 unspecified atom stereocenters. The maximum Gasteiger partial charge on any atom is 0.191 e. The predicted octanol–water partition coefficient (Wildman–Crippen LogP) is 2.87. The van der Waals surface area contributed by atoms with Crippen molar-refractivity contribution in [2.45, 2.75) is 40.2 Å². The molecule has 1 saturated heterocycles. The molecule has 1 aliphatic heterocycles. The number of guanidine groups is 1. The number of rotatable bonds is 13. The van der Waals surface area contributed by atoms with E-state index in [1.807, 2.05) is 18.2 Å². The molecule has 0 aromatic heterocycles. The molecule has 1 aromatic carbocycles. The Balaban J connectivity index is 0.00000480. The quantitative estimate of drug-likeness (QED) is 0.200. The van der Waals surface area contributed by atoms with Crippen LogP contribution in [0.5, 0.6) is 5.75 Å². The lowest BCUT2D eigenvalue weighted by molar-refractivity contribution is 0.127. The lowest BCUT2D eigenvalue weighted by atomic mass is 9.84. The molecule has 0 bridgehead atoms. The van der Waals surface area contributed by atoms with Crippen molar-refractivity contribution in [1.82, 2.24) is 15.5 Å². The number of hydrogen-bond acceptors (Lipinski definition) is 5. The second kappa shape index (κ2) is 15.7. The molecule has 2 rings (SSSR count). The van der Waals surface area contributed by atoms with Crippen LogP contribution in [0.4, 0.5) is 0 Å². The van der Waals surface area contributed by atoms with Crippen LogP contribution in [0.1, 0.15) is 39.2 Å². The molecule has 0 amide bonds. The fourth-order valence-electron chi connectivity index (χ4n) is 3.69. The van der Waals surface area contributed by atoms with Crippen LogP contribution in [0.25, 0.3) is 0 Å². The molecule has 1 fully saturated rings. The summed E-state index contributed by atoms with van der Waals surface area (Å²) < 4.78 is 11.6. The van der Waals surface area contributed by atoms with Gasteiger partial charge in [-0.2, -0.15) is 0 Å². The Morgan fingerprint density at radius 3 is 2.65 bits per heavy atom. The Morgan fingerprint density at radius 1 is 1.23 bits per heavy atom. The summed E-state index contributed by atoms with van der Waals surface area (Å²) in [5.41, 5.74) is 1.06. The minimum atomic E-state index is -0.0175. The average Bonchev–Trinajstić information content (AvgIpc) is 3.23. The van der Waals surface area contributed by atoms with Crippen molar-refractivity contribution in [3.63, 3.8) is 0 Å². The number of aliphatic imine (C=N–C) groups is 1. The Bertz CT molecular complexity index is 635. The Kier molecular flexibility index (Phi) is 14.1. The molecule has 1 aromatic rings. The highest BCUT2D eigenvalue weighted by Gasteiger charge is 2.34. The normalized spacial score (nSPS) is 18.7. The van der Waals surface area contributed by atoms with Crippen LogP contribution in [0.15, 0.2) is 29.3 Å². The zero-order valence-electron chi connectivity index (χ0n) is 19.4. The van der Waals surface area contributed by atoms with E-state index in [1.54, 1.807) is 0 Å². The number of nitrogens with zero attached hydrogens (tertiary/aromatic N) is 2. The van der Waals surface area contributed by atoms with E-state index in [-0.39, 0.29) is 36.0 Å². The number of benzene rings is 1. The standard InChI is InChI=1S/C23H40N4O3.HI/c1-4-24-22(26-18-23(11-14-28)12-15-29-19-23)25-17-20-9-7-8-10-21(20)30-16-13-27(5-2)6-3;/h7-10,28H,4-6,11-19H2,1-3H3,(H2,24,25,26);1H. The first-order chi connectivity index (χ1) is 14.7. The van der Waals surface area contributed by atoms with E-state index < -0.39 is 0 Å². The highest BCUT2D eigenvalue weighted by molar-refractivity contribution is 14.0. The summed E-state index contributed by atoms with van der Waals surface area (Å²) in [7, 11) is 0. The number of para-hydroxylation sites is 1. The topological polar surface area (TPSA) is 78.4 Å². The molecule has 0 spiro atoms. The van der Waals surface area contributed by atoms with Gasteiger partial charge in [0.15, 0.2) is 5.96 Å². The van der Waals surface area contributed by atoms with Gasteiger partial charge in [-0.1, -0.05) is 32.0 Å². The third-order valence-electron chi connectivity index (χ3n) is 5.74. The molecule has 0 radical (unpaired) electrons. The lowest BCUT2D eigenvalue weighted by Gasteiger charge is -2.27. The van der Waals surface area contributed by atoms with Crippen LogP contribution in [0, 0.1) is 5.41 Å². The maximum absolute atomic E-state index is 9.43. The van der Waals surface area contributed by atoms with Gasteiger partial charge in [-0.05, 0) is 38.9 Å². The lowest BCUT2D eigenvalue weighted by Crippen LogP contribution is -2.44. The molecule has 0 saturated carbocycles. The predicted molar refractivity (Wildman–Crippen MR) is 138 cm³/mol. The van der Waals surface area contributed by atoms with E-state index in [0.717, 1.165) is 69.4 Å². The fraction of sp³-hybridized carbons (Fsp3) is 0.696. The van der Waals surface area contributed by atoms with Crippen LogP contribution >= 0.6 is 24.0 Å². The number of ether oxygens (including phenoxy) is 2. The van der Waals surface area contributed by atoms with E-state index in [2.05, 4.69) is 42.4 Å². The van der Waals surface area contributed by atoms with Crippen molar-refractivity contribution in [2.75, 3.05) is 59.2 Å². The zero-order valence-corrected chi connectivity index (χ0v) is 21.7. The molecule has 1 heterocycles. The van der Waals surface area contributed by atoms with Crippen LogP contribution in [0.2, 0.25) is 0 Å². The van der Waals surface area contributed by atoms with E-state index in [1.165, 1.54) is 0 Å². The highest BCUT2D eigenvalue weighted by Crippen LogP contribution is 2.31. The van der Waals surface area contributed by atoms with Crippen molar-refractivity contribution >= 4 is 29.9 Å². The van der Waals surface area contributed by atoms with Crippen molar-refractivity contribution in [2.24, 2.45) is 10.4 Å². The first-order valence-corrected chi connectivity index (χ1v) is 11.3. The number of aliphatic hydroxyl groups is 1. The summed E-state index contributed by atoms with van der Waals surface area (Å²) in [6, 6.07) is 8.11. The van der Waals surface area contributed by atoms with Crippen LogP contribution in [-0.4, -0.2) is 75.1 Å². The number of hydrogen-bond donors (Lipinski definition) is 3. The van der Waals surface area contributed by atoms with E-state index in [9.17, 15) is 5.11 Å². The monoisotopic (exact) mass is 548 g/mol. The van der Waals surface area contributed by atoms with Gasteiger partial charge in [0.25, 0.3) is 0 Å². The van der Waals surface area contributed by atoms with Gasteiger partial charge in [0.1, 0.15) is 12.4 Å². The molecule has 0 aliphatic carbocycles. The minimum Gasteiger partial charge on any atom is -0.492 e. The molecule has 1 aliphatic rings. The summed E-state index contributed by atoms with van der Waals surface area (Å²) in [6.07, 6.45) is 1.70. The maximum atomic E-state index is 9.43. The third kappa shape index (κ3) is 9.51. The third-order valence-corrected chi connectivity index (χ3v) is 5.74. The van der Waals surface area contributed by atoms with Crippen LogP contribution < -0.4 is 15.4 Å². The van der Waals surface area contributed by atoms with Gasteiger partial charge < -0.3 is 30.1 Å². The minimum absolute atomic E-state index is 0. The summed E-state index contributed by atoms with van der Waals surface area (Å²) in [4.78, 5) is 7.12.